The topological polar surface area (TPSA) is 0 Å². The van der Waals surface area contributed by atoms with Crippen molar-refractivity contribution in [2.45, 2.75) is 25.7 Å². The minimum absolute atomic E-state index is 0.0545. The van der Waals surface area contributed by atoms with E-state index < -0.39 is 0 Å². The van der Waals surface area contributed by atoms with E-state index in [0.717, 1.165) is 11.4 Å². The van der Waals surface area contributed by atoms with Crippen LogP contribution in [-0.4, -0.2) is 0 Å². The molecule has 0 spiro atoms. The van der Waals surface area contributed by atoms with E-state index in [9.17, 15) is 0 Å². The summed E-state index contributed by atoms with van der Waals surface area (Å²) in [5, 5.41) is 3.55. The molecular weight excluding hydrogens is 348 g/mol. The second kappa shape index (κ2) is 5.97. The molecule has 0 nitrogen and oxygen atoms in total. The van der Waals surface area contributed by atoms with Gasteiger partial charge in [-0.1, -0.05) is 98.2 Å². The third kappa shape index (κ3) is 2.44. The zero-order valence-electron chi connectivity index (χ0n) is 15.6. The summed E-state index contributed by atoms with van der Waals surface area (Å²) in [5.74, 6) is 0. The molecule has 0 heterocycles. The molecule has 0 N–H and O–H groups in total. The summed E-state index contributed by atoms with van der Waals surface area (Å²) in [4.78, 5) is 0. The molecule has 0 bridgehead atoms. The molecule has 1 aliphatic carbocycles. The van der Waals surface area contributed by atoms with Gasteiger partial charge in [-0.25, -0.2) is 0 Å². The van der Waals surface area contributed by atoms with Gasteiger partial charge in [0, 0.05) is 10.4 Å². The first-order valence-electron chi connectivity index (χ1n) is 9.46. The Morgan fingerprint density at radius 1 is 0.704 bits per heavy atom. The van der Waals surface area contributed by atoms with Crippen LogP contribution in [0.5, 0.6) is 0 Å². The van der Waals surface area contributed by atoms with Crippen LogP contribution in [0.3, 0.4) is 0 Å². The standard InChI is InChI=1S/C26H21Cl/c1-26(2)22-14-7-10-17-9-5-12-20(24(17)22)21-13-6-11-19(25(21)26)16-18-8-3-4-15-23(18)27/h3-15H,16H2,1-2H3. The summed E-state index contributed by atoms with van der Waals surface area (Å²) in [6, 6.07) is 28.2. The number of halogens is 1. The Morgan fingerprint density at radius 2 is 1.37 bits per heavy atom. The van der Waals surface area contributed by atoms with Crippen LogP contribution in [0.15, 0.2) is 78.9 Å². The van der Waals surface area contributed by atoms with E-state index in [0.29, 0.717) is 0 Å². The van der Waals surface area contributed by atoms with Crippen molar-refractivity contribution in [2.24, 2.45) is 0 Å². The fourth-order valence-corrected chi connectivity index (χ4v) is 4.98. The Labute approximate surface area is 165 Å². The average Bonchev–Trinajstić information content (AvgIpc) is 2.68. The van der Waals surface area contributed by atoms with Crippen molar-refractivity contribution in [3.8, 4) is 11.1 Å². The maximum Gasteiger partial charge on any atom is 0.0441 e. The smallest absolute Gasteiger partial charge is 0.0441 e. The van der Waals surface area contributed by atoms with E-state index in [1.54, 1.807) is 0 Å². The van der Waals surface area contributed by atoms with Crippen molar-refractivity contribution >= 4 is 22.4 Å². The van der Waals surface area contributed by atoms with Gasteiger partial charge in [-0.15, -0.1) is 0 Å². The number of hydrogen-bond acceptors (Lipinski definition) is 0. The number of fused-ring (bicyclic) bond motifs is 2. The predicted octanol–water partition coefficient (Wildman–Crippen LogP) is 7.39. The van der Waals surface area contributed by atoms with Crippen molar-refractivity contribution in [1.82, 2.24) is 0 Å². The van der Waals surface area contributed by atoms with Gasteiger partial charge in [0.15, 0.2) is 0 Å². The first-order chi connectivity index (χ1) is 13.1. The molecule has 132 valence electrons. The molecule has 0 aromatic heterocycles. The van der Waals surface area contributed by atoms with Crippen LogP contribution in [0, 0.1) is 0 Å². The van der Waals surface area contributed by atoms with Gasteiger partial charge in [0.1, 0.15) is 0 Å². The highest BCUT2D eigenvalue weighted by molar-refractivity contribution is 6.31. The lowest BCUT2D eigenvalue weighted by atomic mass is 9.66. The Morgan fingerprint density at radius 3 is 2.19 bits per heavy atom. The van der Waals surface area contributed by atoms with Crippen molar-refractivity contribution < 1.29 is 0 Å². The first kappa shape index (κ1) is 16.6. The van der Waals surface area contributed by atoms with Crippen LogP contribution < -0.4 is 0 Å². The van der Waals surface area contributed by atoms with Crippen molar-refractivity contribution in [3.05, 3.63) is 106 Å². The fourth-order valence-electron chi connectivity index (χ4n) is 4.78. The van der Waals surface area contributed by atoms with Gasteiger partial charge in [0.05, 0.1) is 0 Å². The number of benzene rings is 4. The van der Waals surface area contributed by atoms with E-state index in [1.165, 1.54) is 44.2 Å². The summed E-state index contributed by atoms with van der Waals surface area (Å²) in [7, 11) is 0. The molecule has 27 heavy (non-hydrogen) atoms. The van der Waals surface area contributed by atoms with E-state index in [1.807, 2.05) is 12.1 Å². The van der Waals surface area contributed by atoms with Crippen LogP contribution in [0.25, 0.3) is 21.9 Å². The average molecular weight is 369 g/mol. The molecule has 0 atom stereocenters. The van der Waals surface area contributed by atoms with Crippen LogP contribution >= 0.6 is 11.6 Å². The third-order valence-electron chi connectivity index (χ3n) is 5.98. The minimum atomic E-state index is -0.0545. The molecule has 4 aromatic rings. The lowest BCUT2D eigenvalue weighted by molar-refractivity contribution is 0.638. The molecule has 0 fully saturated rings. The molecule has 0 saturated heterocycles. The highest BCUT2D eigenvalue weighted by Gasteiger charge is 2.34. The SMILES string of the molecule is CC1(C)c2c(Cc3ccccc3Cl)cccc2-c2cccc3cccc1c23. The maximum absolute atomic E-state index is 6.47. The zero-order valence-corrected chi connectivity index (χ0v) is 16.3. The molecule has 0 radical (unpaired) electrons. The van der Waals surface area contributed by atoms with Gasteiger partial charge < -0.3 is 0 Å². The normalized spacial score (nSPS) is 14.2. The molecule has 5 rings (SSSR count). The summed E-state index contributed by atoms with van der Waals surface area (Å²) < 4.78 is 0. The molecule has 0 unspecified atom stereocenters. The lowest BCUT2D eigenvalue weighted by Gasteiger charge is -2.37. The molecule has 4 aromatic carbocycles. The number of hydrogen-bond donors (Lipinski definition) is 0. The highest BCUT2D eigenvalue weighted by atomic mass is 35.5. The Kier molecular flexibility index (Phi) is 3.67. The van der Waals surface area contributed by atoms with Gasteiger partial charge in [0.25, 0.3) is 0 Å². The Hall–Kier alpha value is -2.57. The summed E-state index contributed by atoms with van der Waals surface area (Å²) >= 11 is 6.47. The van der Waals surface area contributed by atoms with E-state index in [2.05, 4.69) is 80.6 Å². The molecule has 1 heteroatoms. The molecule has 1 aliphatic rings. The Balaban J connectivity index is 1.80. The van der Waals surface area contributed by atoms with Crippen molar-refractivity contribution in [1.29, 1.82) is 0 Å². The van der Waals surface area contributed by atoms with Crippen LogP contribution in [0.1, 0.15) is 36.1 Å². The van der Waals surface area contributed by atoms with Gasteiger partial charge in [0.2, 0.25) is 0 Å². The minimum Gasteiger partial charge on any atom is -0.0840 e. The van der Waals surface area contributed by atoms with E-state index >= 15 is 0 Å². The quantitative estimate of drug-likeness (QED) is 0.346. The van der Waals surface area contributed by atoms with Gasteiger partial charge in [-0.2, -0.15) is 0 Å². The van der Waals surface area contributed by atoms with Gasteiger partial charge in [-0.05, 0) is 56.6 Å². The van der Waals surface area contributed by atoms with Crippen LogP contribution in [0.4, 0.5) is 0 Å². The largest absolute Gasteiger partial charge is 0.0840 e. The second-order valence-corrected chi connectivity index (χ2v) is 8.35. The van der Waals surface area contributed by atoms with Crippen LogP contribution in [0.2, 0.25) is 5.02 Å². The Bertz CT molecular complexity index is 1180. The molecule has 0 amide bonds. The highest BCUT2D eigenvalue weighted by Crippen LogP contribution is 2.49. The van der Waals surface area contributed by atoms with Gasteiger partial charge in [-0.3, -0.25) is 0 Å². The van der Waals surface area contributed by atoms with Crippen molar-refractivity contribution in [2.75, 3.05) is 0 Å². The van der Waals surface area contributed by atoms with Gasteiger partial charge >= 0.3 is 0 Å². The zero-order chi connectivity index (χ0) is 18.6. The van der Waals surface area contributed by atoms with Crippen LogP contribution in [-0.2, 0) is 11.8 Å². The second-order valence-electron chi connectivity index (χ2n) is 7.94. The first-order valence-corrected chi connectivity index (χ1v) is 9.83. The van der Waals surface area contributed by atoms with Crippen molar-refractivity contribution in [3.63, 3.8) is 0 Å². The third-order valence-corrected chi connectivity index (χ3v) is 6.35. The fraction of sp³-hybridized carbons (Fsp3) is 0.154. The molecule has 0 aliphatic heterocycles. The summed E-state index contributed by atoms with van der Waals surface area (Å²) in [6.45, 7) is 4.71. The summed E-state index contributed by atoms with van der Waals surface area (Å²) in [6.07, 6.45) is 0.852. The maximum atomic E-state index is 6.47. The van der Waals surface area contributed by atoms with E-state index in [-0.39, 0.29) is 5.41 Å². The number of rotatable bonds is 2. The molecule has 0 saturated carbocycles. The lowest BCUT2D eigenvalue weighted by Crippen LogP contribution is -2.25. The monoisotopic (exact) mass is 368 g/mol. The van der Waals surface area contributed by atoms with E-state index in [4.69, 9.17) is 11.6 Å². The molecular formula is C26H21Cl. The summed E-state index contributed by atoms with van der Waals surface area (Å²) in [5.41, 5.74) is 8.02. The predicted molar refractivity (Wildman–Crippen MR) is 116 cm³/mol.